The van der Waals surface area contributed by atoms with Crippen LogP contribution in [0.15, 0.2) is 88.9 Å². The maximum Gasteiger partial charge on any atom is 0.266 e. The van der Waals surface area contributed by atoms with E-state index in [1.807, 2.05) is 31.2 Å². The molecule has 10 heteroatoms. The number of hydrogen-bond acceptors (Lipinski definition) is 5. The molecule has 0 atom stereocenters. The van der Waals surface area contributed by atoms with Gasteiger partial charge in [-0.2, -0.15) is 5.26 Å². The van der Waals surface area contributed by atoms with Gasteiger partial charge < -0.3 is 19.5 Å². The zero-order valence-corrected chi connectivity index (χ0v) is 26.2. The number of ether oxygens (including phenoxy) is 3. The molecule has 1 N–H and O–H groups in total. The van der Waals surface area contributed by atoms with E-state index in [-0.39, 0.29) is 12.2 Å². The zero-order valence-electron chi connectivity index (χ0n) is 22.3. The first-order valence-electron chi connectivity index (χ1n) is 12.7. The molecule has 4 aromatic carbocycles. The molecule has 0 saturated heterocycles. The molecule has 0 fully saturated rings. The van der Waals surface area contributed by atoms with Crippen LogP contribution in [0.3, 0.4) is 0 Å². The van der Waals surface area contributed by atoms with Crippen LogP contribution >= 0.6 is 50.7 Å². The number of nitriles is 1. The molecule has 0 aliphatic rings. The van der Waals surface area contributed by atoms with Gasteiger partial charge in [0.1, 0.15) is 30.6 Å². The minimum Gasteiger partial charge on any atom is -0.490 e. The van der Waals surface area contributed by atoms with Gasteiger partial charge in [-0.25, -0.2) is 0 Å². The highest BCUT2D eigenvalue weighted by molar-refractivity contribution is 9.10. The topological polar surface area (TPSA) is 80.6 Å². The van der Waals surface area contributed by atoms with Gasteiger partial charge in [-0.3, -0.25) is 4.79 Å². The molecule has 0 aliphatic carbocycles. The van der Waals surface area contributed by atoms with E-state index in [9.17, 15) is 10.1 Å². The summed E-state index contributed by atoms with van der Waals surface area (Å²) in [6.45, 7) is 2.83. The molecule has 6 nitrogen and oxygen atoms in total. The fourth-order valence-electron chi connectivity index (χ4n) is 3.75. The molecular weight excluding hydrogens is 663 g/mol. The van der Waals surface area contributed by atoms with Crippen LogP contribution in [0.2, 0.25) is 15.1 Å². The average molecular weight is 687 g/mol. The predicted molar refractivity (Wildman–Crippen MR) is 171 cm³/mol. The number of carbonyl (C=O) groups is 1. The minimum atomic E-state index is -0.554. The largest absolute Gasteiger partial charge is 0.490 e. The number of nitrogens with one attached hydrogen (secondary N) is 1. The van der Waals surface area contributed by atoms with Gasteiger partial charge >= 0.3 is 0 Å². The Morgan fingerprint density at radius 3 is 2.24 bits per heavy atom. The smallest absolute Gasteiger partial charge is 0.266 e. The molecule has 4 aromatic rings. The van der Waals surface area contributed by atoms with Crippen LogP contribution in [0.1, 0.15) is 23.6 Å². The van der Waals surface area contributed by atoms with E-state index >= 15 is 0 Å². The summed E-state index contributed by atoms with van der Waals surface area (Å²) in [5, 5.41) is 14.0. The van der Waals surface area contributed by atoms with E-state index in [1.165, 1.54) is 6.08 Å². The van der Waals surface area contributed by atoms with Crippen LogP contribution in [0, 0.1) is 11.3 Å². The second kappa shape index (κ2) is 15.0. The van der Waals surface area contributed by atoms with Gasteiger partial charge in [0.2, 0.25) is 0 Å². The quantitative estimate of drug-likeness (QED) is 0.126. The van der Waals surface area contributed by atoms with Crippen molar-refractivity contribution in [3.8, 4) is 23.3 Å². The van der Waals surface area contributed by atoms with E-state index in [2.05, 4.69) is 21.2 Å². The van der Waals surface area contributed by atoms with Crippen molar-refractivity contribution in [1.82, 2.24) is 0 Å². The lowest BCUT2D eigenvalue weighted by molar-refractivity contribution is -0.112. The van der Waals surface area contributed by atoms with E-state index in [0.29, 0.717) is 61.3 Å². The van der Waals surface area contributed by atoms with Crippen molar-refractivity contribution in [2.45, 2.75) is 20.1 Å². The molecule has 0 aromatic heterocycles. The lowest BCUT2D eigenvalue weighted by Gasteiger charge is -2.15. The average Bonchev–Trinajstić information content (AvgIpc) is 2.98. The van der Waals surface area contributed by atoms with Crippen molar-refractivity contribution in [2.75, 3.05) is 11.9 Å². The Hall–Kier alpha value is -3.67. The highest BCUT2D eigenvalue weighted by atomic mass is 79.9. The fraction of sp³-hybridized carbons (Fsp3) is 0.125. The third kappa shape index (κ3) is 8.67. The number of amides is 1. The molecule has 0 spiro atoms. The summed E-state index contributed by atoms with van der Waals surface area (Å²) < 4.78 is 18.2. The van der Waals surface area contributed by atoms with E-state index in [0.717, 1.165) is 11.1 Å². The number of anilines is 1. The maximum absolute atomic E-state index is 12.9. The molecule has 0 saturated carbocycles. The third-order valence-corrected chi connectivity index (χ3v) is 7.39. The number of nitrogens with zero attached hydrogens (tertiary/aromatic N) is 1. The van der Waals surface area contributed by atoms with Crippen molar-refractivity contribution in [3.63, 3.8) is 0 Å². The Labute approximate surface area is 267 Å². The highest BCUT2D eigenvalue weighted by Gasteiger charge is 2.15. The Kier molecular flexibility index (Phi) is 11.2. The number of benzene rings is 4. The number of carbonyl (C=O) groups excluding carboxylic acids is 1. The molecule has 214 valence electrons. The van der Waals surface area contributed by atoms with Gasteiger partial charge in [0.15, 0.2) is 11.5 Å². The summed E-state index contributed by atoms with van der Waals surface area (Å²) in [6, 6.07) is 24.9. The molecule has 0 heterocycles. The van der Waals surface area contributed by atoms with E-state index in [4.69, 9.17) is 49.0 Å². The van der Waals surface area contributed by atoms with Gasteiger partial charge in [0.05, 0.1) is 21.1 Å². The van der Waals surface area contributed by atoms with Crippen LogP contribution in [-0.2, 0) is 18.0 Å². The summed E-state index contributed by atoms with van der Waals surface area (Å²) in [5.41, 5.74) is 2.81. The summed E-state index contributed by atoms with van der Waals surface area (Å²) in [4.78, 5) is 12.9. The lowest BCUT2D eigenvalue weighted by atomic mass is 10.1. The third-order valence-electron chi connectivity index (χ3n) is 5.81. The van der Waals surface area contributed by atoms with Gasteiger partial charge in [-0.05, 0) is 106 Å². The Morgan fingerprint density at radius 1 is 0.881 bits per heavy atom. The minimum absolute atomic E-state index is 0.0862. The van der Waals surface area contributed by atoms with Crippen LogP contribution in [0.5, 0.6) is 17.2 Å². The first kappa shape index (κ1) is 31.3. The normalized spacial score (nSPS) is 11.0. The van der Waals surface area contributed by atoms with Crippen molar-refractivity contribution in [2.24, 2.45) is 0 Å². The Balaban J connectivity index is 1.44. The Bertz CT molecular complexity index is 1640. The zero-order chi connectivity index (χ0) is 30.1. The molecule has 0 radical (unpaired) electrons. The molecule has 42 heavy (non-hydrogen) atoms. The maximum atomic E-state index is 12.9. The molecule has 1 amide bonds. The predicted octanol–water partition coefficient (Wildman–Crippen LogP) is 9.51. The lowest BCUT2D eigenvalue weighted by Crippen LogP contribution is -2.13. The SMILES string of the molecule is CCOc1cc(/C=C(\C#N)C(=O)Nc2ccc(OCc3ccc(Cl)cc3)cc2)cc(Br)c1OCc1ccc(Cl)c(Cl)c1. The standard InChI is InChI=1S/C32H24BrCl3N2O4/c1-2-40-30-16-22(14-27(33)31(30)42-19-21-5-12-28(35)29(36)15-21)13-23(17-37)32(39)38-25-8-10-26(11-9-25)41-18-20-3-6-24(34)7-4-20/h3-16H,2,18-19H2,1H3,(H,38,39)/b23-13+. The van der Waals surface area contributed by atoms with Gasteiger partial charge in [-0.1, -0.05) is 53.0 Å². The summed E-state index contributed by atoms with van der Waals surface area (Å²) in [6.07, 6.45) is 1.48. The summed E-state index contributed by atoms with van der Waals surface area (Å²) in [7, 11) is 0. The van der Waals surface area contributed by atoms with Gasteiger partial charge in [0, 0.05) is 10.7 Å². The van der Waals surface area contributed by atoms with Crippen LogP contribution in [0.25, 0.3) is 6.08 Å². The molecule has 0 aliphatic heterocycles. The van der Waals surface area contributed by atoms with Crippen LogP contribution in [0.4, 0.5) is 5.69 Å². The molecule has 0 bridgehead atoms. The first-order chi connectivity index (χ1) is 20.2. The summed E-state index contributed by atoms with van der Waals surface area (Å²) >= 11 is 21.6. The van der Waals surface area contributed by atoms with E-state index < -0.39 is 5.91 Å². The highest BCUT2D eigenvalue weighted by Crippen LogP contribution is 2.38. The number of hydrogen-bond donors (Lipinski definition) is 1. The fourth-order valence-corrected chi connectivity index (χ4v) is 4.78. The Morgan fingerprint density at radius 2 is 1.57 bits per heavy atom. The second-order valence-corrected chi connectivity index (χ2v) is 11.0. The monoisotopic (exact) mass is 684 g/mol. The van der Waals surface area contributed by atoms with Gasteiger partial charge in [-0.15, -0.1) is 0 Å². The second-order valence-electron chi connectivity index (χ2n) is 8.86. The van der Waals surface area contributed by atoms with Crippen LogP contribution < -0.4 is 19.5 Å². The van der Waals surface area contributed by atoms with E-state index in [1.54, 1.807) is 60.7 Å². The number of halogens is 4. The molecule has 0 unspecified atom stereocenters. The summed E-state index contributed by atoms with van der Waals surface area (Å²) in [5.74, 6) is 1.00. The van der Waals surface area contributed by atoms with Crippen molar-refractivity contribution in [1.29, 1.82) is 5.26 Å². The van der Waals surface area contributed by atoms with Crippen molar-refractivity contribution < 1.29 is 19.0 Å². The first-order valence-corrected chi connectivity index (χ1v) is 14.6. The van der Waals surface area contributed by atoms with Crippen molar-refractivity contribution in [3.05, 3.63) is 121 Å². The van der Waals surface area contributed by atoms with Crippen LogP contribution in [-0.4, -0.2) is 12.5 Å². The van der Waals surface area contributed by atoms with Gasteiger partial charge in [0.25, 0.3) is 5.91 Å². The number of rotatable bonds is 11. The van der Waals surface area contributed by atoms with Crippen molar-refractivity contribution >= 4 is 68.4 Å². The molecular formula is C32H24BrCl3N2O4. The molecule has 4 rings (SSSR count).